The molecule has 0 aliphatic rings. The molecule has 0 saturated carbocycles. The Morgan fingerprint density at radius 1 is 1.14 bits per heavy atom. The summed E-state index contributed by atoms with van der Waals surface area (Å²) >= 11 is 6.49. The van der Waals surface area contributed by atoms with E-state index in [9.17, 15) is 14.0 Å². The zero-order chi connectivity index (χ0) is 16.1. The predicted molar refractivity (Wildman–Crippen MR) is 88.3 cm³/mol. The molecule has 0 radical (unpaired) electrons. The van der Waals surface area contributed by atoms with Crippen molar-refractivity contribution in [1.29, 1.82) is 0 Å². The standard InChI is InChI=1S/C16H9Br2FO3/c17-12-7-11(9-20)16(14(18)8-12)22-15(21)6-3-10-1-4-13(19)5-2-10/h1-9H/b6-3+. The van der Waals surface area contributed by atoms with Gasteiger partial charge in [0.25, 0.3) is 0 Å². The molecule has 0 amide bonds. The van der Waals surface area contributed by atoms with Crippen molar-refractivity contribution < 1.29 is 18.7 Å². The monoisotopic (exact) mass is 426 g/mol. The molecule has 3 nitrogen and oxygen atoms in total. The van der Waals surface area contributed by atoms with Gasteiger partial charge in [0.15, 0.2) is 12.0 Å². The Morgan fingerprint density at radius 2 is 1.82 bits per heavy atom. The molecule has 0 aromatic heterocycles. The highest BCUT2D eigenvalue weighted by molar-refractivity contribution is 9.11. The van der Waals surface area contributed by atoms with Gasteiger partial charge in [-0.2, -0.15) is 0 Å². The smallest absolute Gasteiger partial charge is 0.336 e. The summed E-state index contributed by atoms with van der Waals surface area (Å²) in [4.78, 5) is 22.9. The molecular formula is C16H9Br2FO3. The van der Waals surface area contributed by atoms with E-state index in [1.165, 1.54) is 36.4 Å². The van der Waals surface area contributed by atoms with Crippen molar-refractivity contribution in [1.82, 2.24) is 0 Å². The van der Waals surface area contributed by atoms with E-state index in [-0.39, 0.29) is 17.1 Å². The van der Waals surface area contributed by atoms with Gasteiger partial charge in [0.2, 0.25) is 0 Å². The van der Waals surface area contributed by atoms with E-state index in [0.29, 0.717) is 20.8 Å². The van der Waals surface area contributed by atoms with Crippen LogP contribution in [0.2, 0.25) is 0 Å². The van der Waals surface area contributed by atoms with E-state index in [1.807, 2.05) is 0 Å². The Kier molecular flexibility index (Phi) is 5.63. The lowest BCUT2D eigenvalue weighted by Gasteiger charge is -2.07. The molecule has 0 atom stereocenters. The van der Waals surface area contributed by atoms with Crippen LogP contribution in [0.3, 0.4) is 0 Å². The largest absolute Gasteiger partial charge is 0.421 e. The minimum absolute atomic E-state index is 0.145. The van der Waals surface area contributed by atoms with Crippen molar-refractivity contribution in [3.63, 3.8) is 0 Å². The van der Waals surface area contributed by atoms with Crippen LogP contribution in [0.25, 0.3) is 6.08 Å². The number of hydrogen-bond acceptors (Lipinski definition) is 3. The fourth-order valence-corrected chi connectivity index (χ4v) is 2.99. The van der Waals surface area contributed by atoms with Gasteiger partial charge >= 0.3 is 5.97 Å². The summed E-state index contributed by atoms with van der Waals surface area (Å²) < 4.78 is 19.1. The van der Waals surface area contributed by atoms with Crippen LogP contribution >= 0.6 is 31.9 Å². The van der Waals surface area contributed by atoms with Crippen molar-refractivity contribution in [2.75, 3.05) is 0 Å². The molecule has 112 valence electrons. The third kappa shape index (κ3) is 4.35. The third-order valence-electron chi connectivity index (χ3n) is 2.65. The number of halogens is 3. The first-order chi connectivity index (χ1) is 10.5. The maximum Gasteiger partial charge on any atom is 0.336 e. The highest BCUT2D eigenvalue weighted by atomic mass is 79.9. The number of ether oxygens (including phenoxy) is 1. The molecule has 0 unspecified atom stereocenters. The summed E-state index contributed by atoms with van der Waals surface area (Å²) in [7, 11) is 0. The van der Waals surface area contributed by atoms with Crippen LogP contribution in [-0.4, -0.2) is 12.3 Å². The second-order valence-corrected chi connectivity index (χ2v) is 6.00. The lowest BCUT2D eigenvalue weighted by molar-refractivity contribution is -0.128. The van der Waals surface area contributed by atoms with Crippen LogP contribution in [0, 0.1) is 5.82 Å². The molecule has 0 aliphatic carbocycles. The topological polar surface area (TPSA) is 43.4 Å². The summed E-state index contributed by atoms with van der Waals surface area (Å²) in [5, 5.41) is 0. The first kappa shape index (κ1) is 16.6. The molecule has 0 saturated heterocycles. The molecule has 0 spiro atoms. The van der Waals surface area contributed by atoms with Gasteiger partial charge in [-0.1, -0.05) is 28.1 Å². The molecule has 2 aromatic carbocycles. The zero-order valence-corrected chi connectivity index (χ0v) is 14.2. The Bertz CT molecular complexity index is 740. The van der Waals surface area contributed by atoms with Crippen molar-refractivity contribution in [3.8, 4) is 5.75 Å². The molecular weight excluding hydrogens is 419 g/mol. The summed E-state index contributed by atoms with van der Waals surface area (Å²) in [5.41, 5.74) is 0.897. The fourth-order valence-electron chi connectivity index (χ4n) is 1.65. The van der Waals surface area contributed by atoms with Crippen LogP contribution in [0.1, 0.15) is 15.9 Å². The van der Waals surface area contributed by atoms with Gasteiger partial charge in [0.05, 0.1) is 10.0 Å². The SMILES string of the molecule is O=Cc1cc(Br)cc(Br)c1OC(=O)/C=C/c1ccc(F)cc1. The van der Waals surface area contributed by atoms with Crippen LogP contribution in [0.15, 0.2) is 51.4 Å². The van der Waals surface area contributed by atoms with E-state index >= 15 is 0 Å². The normalized spacial score (nSPS) is 10.7. The Morgan fingerprint density at radius 3 is 2.45 bits per heavy atom. The molecule has 22 heavy (non-hydrogen) atoms. The second kappa shape index (κ2) is 7.47. The number of carbonyl (C=O) groups is 2. The van der Waals surface area contributed by atoms with E-state index < -0.39 is 5.97 Å². The van der Waals surface area contributed by atoms with E-state index in [4.69, 9.17) is 4.74 Å². The molecule has 0 aliphatic heterocycles. The number of aldehydes is 1. The first-order valence-electron chi connectivity index (χ1n) is 6.09. The van der Waals surface area contributed by atoms with Crippen molar-refractivity contribution in [2.24, 2.45) is 0 Å². The molecule has 2 aromatic rings. The van der Waals surface area contributed by atoms with Gasteiger partial charge in [0, 0.05) is 10.5 Å². The highest BCUT2D eigenvalue weighted by Gasteiger charge is 2.12. The van der Waals surface area contributed by atoms with Gasteiger partial charge in [0.1, 0.15) is 5.82 Å². The Hall–Kier alpha value is -1.79. The van der Waals surface area contributed by atoms with Crippen molar-refractivity contribution in [3.05, 3.63) is 68.4 Å². The maximum absolute atomic E-state index is 12.8. The average molecular weight is 428 g/mol. The van der Waals surface area contributed by atoms with Crippen LogP contribution in [-0.2, 0) is 4.79 Å². The molecule has 0 heterocycles. The predicted octanol–water partition coefficient (Wildman–Crippen LogP) is 4.78. The van der Waals surface area contributed by atoms with Crippen LogP contribution in [0.4, 0.5) is 4.39 Å². The van der Waals surface area contributed by atoms with Crippen molar-refractivity contribution in [2.45, 2.75) is 0 Å². The van der Waals surface area contributed by atoms with Crippen LogP contribution in [0.5, 0.6) is 5.75 Å². The van der Waals surface area contributed by atoms with E-state index in [0.717, 1.165) is 0 Å². The fraction of sp³-hybridized carbons (Fsp3) is 0. The van der Waals surface area contributed by atoms with Gasteiger partial charge in [-0.25, -0.2) is 9.18 Å². The van der Waals surface area contributed by atoms with Crippen LogP contribution < -0.4 is 4.74 Å². The minimum atomic E-state index is -0.643. The quantitative estimate of drug-likeness (QED) is 0.305. The molecule has 6 heteroatoms. The van der Waals surface area contributed by atoms with Gasteiger partial charge < -0.3 is 4.74 Å². The summed E-state index contributed by atoms with van der Waals surface area (Å²) in [6.45, 7) is 0. The van der Waals surface area contributed by atoms with E-state index in [1.54, 1.807) is 12.1 Å². The number of hydrogen-bond donors (Lipinski definition) is 0. The summed E-state index contributed by atoms with van der Waals surface area (Å²) in [5.74, 6) is -0.850. The number of carbonyl (C=O) groups excluding carboxylic acids is 2. The maximum atomic E-state index is 12.8. The number of rotatable bonds is 4. The lowest BCUT2D eigenvalue weighted by atomic mass is 10.2. The van der Waals surface area contributed by atoms with Gasteiger partial charge in [-0.05, 0) is 51.8 Å². The highest BCUT2D eigenvalue weighted by Crippen LogP contribution is 2.32. The Balaban J connectivity index is 2.15. The number of esters is 1. The van der Waals surface area contributed by atoms with E-state index in [2.05, 4.69) is 31.9 Å². The van der Waals surface area contributed by atoms with Gasteiger partial charge in [-0.15, -0.1) is 0 Å². The zero-order valence-electron chi connectivity index (χ0n) is 11.1. The minimum Gasteiger partial charge on any atom is -0.421 e. The van der Waals surface area contributed by atoms with Crippen molar-refractivity contribution >= 4 is 50.2 Å². The molecule has 0 bridgehead atoms. The first-order valence-corrected chi connectivity index (χ1v) is 7.68. The molecule has 2 rings (SSSR count). The lowest BCUT2D eigenvalue weighted by Crippen LogP contribution is -2.06. The molecule has 0 N–H and O–H groups in total. The second-order valence-electron chi connectivity index (χ2n) is 4.23. The average Bonchev–Trinajstić information content (AvgIpc) is 2.49. The summed E-state index contributed by atoms with van der Waals surface area (Å²) in [6.07, 6.45) is 3.30. The third-order valence-corrected chi connectivity index (χ3v) is 3.70. The number of benzene rings is 2. The Labute approximate surface area is 143 Å². The molecule has 0 fully saturated rings. The summed E-state index contributed by atoms with van der Waals surface area (Å²) in [6, 6.07) is 8.86. The van der Waals surface area contributed by atoms with Gasteiger partial charge in [-0.3, -0.25) is 4.79 Å².